The lowest BCUT2D eigenvalue weighted by molar-refractivity contribution is 0.222. The van der Waals surface area contributed by atoms with Crippen LogP contribution in [0.25, 0.3) is 0 Å². The Morgan fingerprint density at radius 3 is 2.58 bits per heavy atom. The molecule has 0 unspecified atom stereocenters. The molecule has 1 aromatic heterocycles. The van der Waals surface area contributed by atoms with Gasteiger partial charge >= 0.3 is 6.01 Å². The van der Waals surface area contributed by atoms with Gasteiger partial charge in [0, 0.05) is 6.04 Å². The molecule has 2 heterocycles. The summed E-state index contributed by atoms with van der Waals surface area (Å²) in [5.74, 6) is 0.679. The van der Waals surface area contributed by atoms with Crippen LogP contribution in [0.3, 0.4) is 0 Å². The van der Waals surface area contributed by atoms with Crippen molar-refractivity contribution >= 4 is 11.9 Å². The van der Waals surface area contributed by atoms with Gasteiger partial charge < -0.3 is 20.7 Å². The number of hydrogen-bond acceptors (Lipinski definition) is 7. The molecule has 1 aliphatic rings. The number of nitrogen functional groups attached to an aromatic ring is 1. The van der Waals surface area contributed by atoms with Crippen LogP contribution in [0, 0.1) is 0 Å². The summed E-state index contributed by atoms with van der Waals surface area (Å²) in [6.07, 6.45) is 2.16. The third kappa shape index (κ3) is 4.20. The van der Waals surface area contributed by atoms with Crippen molar-refractivity contribution in [3.05, 3.63) is 0 Å². The van der Waals surface area contributed by atoms with Crippen molar-refractivity contribution in [1.82, 2.24) is 19.9 Å². The molecule has 0 saturated carbocycles. The Bertz CT molecular complexity index is 417. The van der Waals surface area contributed by atoms with Gasteiger partial charge in [-0.1, -0.05) is 0 Å². The van der Waals surface area contributed by atoms with Crippen LogP contribution in [-0.4, -0.2) is 52.1 Å². The van der Waals surface area contributed by atoms with Crippen LogP contribution in [0.5, 0.6) is 6.01 Å². The average Bonchev–Trinajstić information content (AvgIpc) is 2.30. The second-order valence-electron chi connectivity index (χ2n) is 5.19. The van der Waals surface area contributed by atoms with Crippen molar-refractivity contribution in [1.29, 1.82) is 0 Å². The molecule has 1 aromatic rings. The molecule has 7 nitrogen and oxygen atoms in total. The Hall–Kier alpha value is -1.63. The fourth-order valence-electron chi connectivity index (χ4n) is 2.04. The van der Waals surface area contributed by atoms with Gasteiger partial charge in [-0.3, -0.25) is 0 Å². The molecule has 0 aliphatic carbocycles. The monoisotopic (exact) mass is 266 g/mol. The van der Waals surface area contributed by atoms with E-state index in [1.165, 1.54) is 0 Å². The maximum atomic E-state index is 5.67. The number of anilines is 2. The van der Waals surface area contributed by atoms with Gasteiger partial charge in [0.2, 0.25) is 11.9 Å². The summed E-state index contributed by atoms with van der Waals surface area (Å²) in [5, 5.41) is 3.31. The highest BCUT2D eigenvalue weighted by Crippen LogP contribution is 2.15. The van der Waals surface area contributed by atoms with Gasteiger partial charge in [-0.2, -0.15) is 15.0 Å². The van der Waals surface area contributed by atoms with Gasteiger partial charge in [0.1, 0.15) is 0 Å². The highest BCUT2D eigenvalue weighted by molar-refractivity contribution is 5.33. The fourth-order valence-corrected chi connectivity index (χ4v) is 2.04. The third-order valence-corrected chi connectivity index (χ3v) is 3.03. The summed E-state index contributed by atoms with van der Waals surface area (Å²) in [6, 6.07) is 0.655. The standard InChI is InChI=1S/C12H22N6O/c1-8(2)19-12-16-10(13)15-11(17-12)14-9-4-6-18(3)7-5-9/h8-9H,4-7H2,1-3H3,(H3,13,14,15,16,17). The van der Waals surface area contributed by atoms with E-state index < -0.39 is 0 Å². The van der Waals surface area contributed by atoms with Gasteiger partial charge in [0.05, 0.1) is 6.10 Å². The van der Waals surface area contributed by atoms with Gasteiger partial charge in [-0.05, 0) is 46.8 Å². The van der Waals surface area contributed by atoms with Crippen molar-refractivity contribution in [2.75, 3.05) is 31.2 Å². The molecule has 0 atom stereocenters. The lowest BCUT2D eigenvalue weighted by Crippen LogP contribution is -2.37. The number of nitrogens with two attached hydrogens (primary N) is 1. The molecule has 0 aromatic carbocycles. The highest BCUT2D eigenvalue weighted by atomic mass is 16.5. The molecule has 19 heavy (non-hydrogen) atoms. The molecule has 0 spiro atoms. The number of likely N-dealkylation sites (tertiary alicyclic amines) is 1. The number of aromatic nitrogens is 3. The van der Waals surface area contributed by atoms with Crippen molar-refractivity contribution in [2.45, 2.75) is 38.8 Å². The molecule has 0 radical (unpaired) electrons. The molecule has 2 rings (SSSR count). The summed E-state index contributed by atoms with van der Waals surface area (Å²) in [7, 11) is 2.13. The number of nitrogens with zero attached hydrogens (tertiary/aromatic N) is 4. The molecule has 0 bridgehead atoms. The summed E-state index contributed by atoms with van der Waals surface area (Å²) < 4.78 is 5.45. The van der Waals surface area contributed by atoms with Crippen molar-refractivity contribution in [3.63, 3.8) is 0 Å². The summed E-state index contributed by atoms with van der Waals surface area (Å²) >= 11 is 0. The van der Waals surface area contributed by atoms with Gasteiger partial charge in [0.25, 0.3) is 0 Å². The Balaban J connectivity index is 2.01. The molecule has 106 valence electrons. The number of hydrogen-bond donors (Lipinski definition) is 2. The van der Waals surface area contributed by atoms with E-state index in [2.05, 4.69) is 32.2 Å². The van der Waals surface area contributed by atoms with Crippen LogP contribution in [0.2, 0.25) is 0 Å². The number of ether oxygens (including phenoxy) is 1. The smallest absolute Gasteiger partial charge is 0.323 e. The zero-order valence-electron chi connectivity index (χ0n) is 11.8. The maximum absolute atomic E-state index is 5.67. The second kappa shape index (κ2) is 6.01. The minimum atomic E-state index is 0.0120. The minimum Gasteiger partial charge on any atom is -0.461 e. The van der Waals surface area contributed by atoms with Crippen LogP contribution in [0.1, 0.15) is 26.7 Å². The summed E-state index contributed by atoms with van der Waals surface area (Å²) in [5.41, 5.74) is 5.67. The van der Waals surface area contributed by atoms with E-state index in [9.17, 15) is 0 Å². The molecule has 1 fully saturated rings. The molecule has 1 saturated heterocycles. The molecule has 3 N–H and O–H groups in total. The van der Waals surface area contributed by atoms with E-state index >= 15 is 0 Å². The van der Waals surface area contributed by atoms with Gasteiger partial charge in [-0.15, -0.1) is 0 Å². The van der Waals surface area contributed by atoms with E-state index in [-0.39, 0.29) is 18.1 Å². The maximum Gasteiger partial charge on any atom is 0.323 e. The minimum absolute atomic E-state index is 0.0120. The van der Waals surface area contributed by atoms with E-state index in [0.717, 1.165) is 25.9 Å². The zero-order chi connectivity index (χ0) is 13.8. The van der Waals surface area contributed by atoms with Crippen LogP contribution >= 0.6 is 0 Å². The number of nitrogens with one attached hydrogen (secondary N) is 1. The molecule has 7 heteroatoms. The fraction of sp³-hybridized carbons (Fsp3) is 0.750. The van der Waals surface area contributed by atoms with Crippen molar-refractivity contribution in [3.8, 4) is 6.01 Å². The Labute approximate surface area is 113 Å². The van der Waals surface area contributed by atoms with E-state index in [0.29, 0.717) is 12.0 Å². The van der Waals surface area contributed by atoms with E-state index in [1.807, 2.05) is 13.8 Å². The van der Waals surface area contributed by atoms with Crippen LogP contribution in [-0.2, 0) is 0 Å². The Morgan fingerprint density at radius 2 is 1.95 bits per heavy atom. The van der Waals surface area contributed by atoms with Crippen LogP contribution in [0.4, 0.5) is 11.9 Å². The first-order valence-electron chi connectivity index (χ1n) is 6.66. The predicted molar refractivity (Wildman–Crippen MR) is 74.1 cm³/mol. The zero-order valence-corrected chi connectivity index (χ0v) is 11.8. The van der Waals surface area contributed by atoms with Gasteiger partial charge in [-0.25, -0.2) is 0 Å². The second-order valence-corrected chi connectivity index (χ2v) is 5.19. The molecule has 1 aliphatic heterocycles. The van der Waals surface area contributed by atoms with E-state index in [1.54, 1.807) is 0 Å². The normalized spacial score (nSPS) is 17.7. The lowest BCUT2D eigenvalue weighted by atomic mass is 10.1. The largest absolute Gasteiger partial charge is 0.461 e. The average molecular weight is 266 g/mol. The first-order chi connectivity index (χ1) is 9.02. The summed E-state index contributed by atoms with van der Waals surface area (Å²) in [6.45, 7) is 6.00. The number of piperidine rings is 1. The predicted octanol–water partition coefficient (Wildman–Crippen LogP) is 0.747. The first kappa shape index (κ1) is 13.8. The molecule has 0 amide bonds. The molecular weight excluding hydrogens is 244 g/mol. The summed E-state index contributed by atoms with van der Waals surface area (Å²) in [4.78, 5) is 14.6. The lowest BCUT2D eigenvalue weighted by Gasteiger charge is -2.29. The Morgan fingerprint density at radius 1 is 1.26 bits per heavy atom. The number of rotatable bonds is 4. The SMILES string of the molecule is CC(C)Oc1nc(N)nc(NC2CCN(C)CC2)n1. The van der Waals surface area contributed by atoms with E-state index in [4.69, 9.17) is 10.5 Å². The quantitative estimate of drug-likeness (QED) is 0.831. The topological polar surface area (TPSA) is 89.2 Å². The first-order valence-corrected chi connectivity index (χ1v) is 6.66. The third-order valence-electron chi connectivity index (χ3n) is 3.03. The van der Waals surface area contributed by atoms with Crippen molar-refractivity contribution < 1.29 is 4.74 Å². The van der Waals surface area contributed by atoms with Crippen molar-refractivity contribution in [2.24, 2.45) is 0 Å². The van der Waals surface area contributed by atoms with Crippen LogP contribution in [0.15, 0.2) is 0 Å². The molecular formula is C12H22N6O. The van der Waals surface area contributed by atoms with Crippen LogP contribution < -0.4 is 15.8 Å². The Kier molecular flexibility index (Phi) is 4.36. The van der Waals surface area contributed by atoms with Gasteiger partial charge in [0.15, 0.2) is 0 Å². The highest BCUT2D eigenvalue weighted by Gasteiger charge is 2.18.